The van der Waals surface area contributed by atoms with Gasteiger partial charge in [-0.15, -0.1) is 5.06 Å². The monoisotopic (exact) mass is 429 g/mol. The third kappa shape index (κ3) is 4.41. The first kappa shape index (κ1) is 21.0. The van der Waals surface area contributed by atoms with Gasteiger partial charge in [0.05, 0.1) is 12.8 Å². The van der Waals surface area contributed by atoms with Crippen molar-refractivity contribution in [3.05, 3.63) is 90.1 Å². The highest BCUT2D eigenvalue weighted by Crippen LogP contribution is 2.28. The van der Waals surface area contributed by atoms with E-state index >= 15 is 0 Å². The quantitative estimate of drug-likeness (QED) is 0.425. The third-order valence-corrected chi connectivity index (χ3v) is 5.03. The van der Waals surface area contributed by atoms with E-state index in [1.165, 1.54) is 14.0 Å². The fourth-order valence-electron chi connectivity index (χ4n) is 3.42. The molecule has 0 saturated heterocycles. The number of H-pyrrole nitrogens is 1. The number of hydrogen-bond donors (Lipinski definition) is 2. The van der Waals surface area contributed by atoms with E-state index in [0.717, 1.165) is 21.5 Å². The van der Waals surface area contributed by atoms with Gasteiger partial charge in [-0.25, -0.2) is 0 Å². The SMILES string of the molecule is COc1ccccc1ON(C(C)=O)c1ccc(C(=O)NCc2cccc3[nH]ccc23)cc1. The lowest BCUT2D eigenvalue weighted by Crippen LogP contribution is -2.32. The van der Waals surface area contributed by atoms with Gasteiger partial charge in [-0.05, 0) is 54.1 Å². The predicted octanol–water partition coefficient (Wildman–Crippen LogP) is 4.45. The number of para-hydroxylation sites is 2. The van der Waals surface area contributed by atoms with E-state index < -0.39 is 0 Å². The van der Waals surface area contributed by atoms with Crippen molar-refractivity contribution in [1.29, 1.82) is 0 Å². The van der Waals surface area contributed by atoms with E-state index in [1.807, 2.05) is 36.5 Å². The number of fused-ring (bicyclic) bond motifs is 1. The van der Waals surface area contributed by atoms with Crippen molar-refractivity contribution < 1.29 is 19.2 Å². The molecule has 0 bridgehead atoms. The summed E-state index contributed by atoms with van der Waals surface area (Å²) in [6.07, 6.45) is 1.88. The van der Waals surface area contributed by atoms with Crippen molar-refractivity contribution in [2.24, 2.45) is 0 Å². The average Bonchev–Trinajstić information content (AvgIpc) is 3.31. The number of carbonyl (C=O) groups excluding carboxylic acids is 2. The van der Waals surface area contributed by atoms with Gasteiger partial charge in [0.25, 0.3) is 11.8 Å². The smallest absolute Gasteiger partial charge is 0.256 e. The molecule has 0 spiro atoms. The maximum Gasteiger partial charge on any atom is 0.256 e. The number of hydroxylamine groups is 1. The molecular formula is C25H23N3O4. The van der Waals surface area contributed by atoms with Crippen LogP contribution >= 0.6 is 0 Å². The molecule has 0 aliphatic carbocycles. The molecule has 0 aliphatic rings. The second-order valence-electron chi connectivity index (χ2n) is 7.14. The van der Waals surface area contributed by atoms with E-state index in [9.17, 15) is 9.59 Å². The summed E-state index contributed by atoms with van der Waals surface area (Å²) < 4.78 is 5.28. The van der Waals surface area contributed by atoms with Crippen LogP contribution in [0.15, 0.2) is 79.0 Å². The Morgan fingerprint density at radius 1 is 0.938 bits per heavy atom. The zero-order valence-corrected chi connectivity index (χ0v) is 17.8. The van der Waals surface area contributed by atoms with Crippen molar-refractivity contribution in [2.45, 2.75) is 13.5 Å². The second-order valence-corrected chi connectivity index (χ2v) is 7.14. The highest BCUT2D eigenvalue weighted by Gasteiger charge is 2.17. The topological polar surface area (TPSA) is 83.7 Å². The molecule has 0 radical (unpaired) electrons. The Bertz CT molecular complexity index is 1250. The number of aromatic nitrogens is 1. The summed E-state index contributed by atoms with van der Waals surface area (Å²) in [6.45, 7) is 1.81. The number of rotatable bonds is 7. The number of aromatic amines is 1. The van der Waals surface area contributed by atoms with Crippen molar-refractivity contribution in [3.63, 3.8) is 0 Å². The molecule has 2 N–H and O–H groups in total. The zero-order chi connectivity index (χ0) is 22.5. The van der Waals surface area contributed by atoms with Crippen molar-refractivity contribution in [1.82, 2.24) is 10.3 Å². The van der Waals surface area contributed by atoms with Gasteiger partial charge in [-0.2, -0.15) is 0 Å². The van der Waals surface area contributed by atoms with Gasteiger partial charge < -0.3 is 19.9 Å². The lowest BCUT2D eigenvalue weighted by molar-refractivity contribution is -0.120. The Morgan fingerprint density at radius 3 is 2.41 bits per heavy atom. The van der Waals surface area contributed by atoms with Crippen molar-refractivity contribution in [2.75, 3.05) is 12.2 Å². The second kappa shape index (κ2) is 9.26. The molecular weight excluding hydrogens is 406 g/mol. The van der Waals surface area contributed by atoms with Crippen molar-refractivity contribution in [3.8, 4) is 11.5 Å². The van der Waals surface area contributed by atoms with E-state index in [-0.39, 0.29) is 11.8 Å². The Labute approximate surface area is 185 Å². The highest BCUT2D eigenvalue weighted by atomic mass is 16.7. The molecule has 0 aliphatic heterocycles. The van der Waals surface area contributed by atoms with Crippen LogP contribution in [-0.4, -0.2) is 23.9 Å². The largest absolute Gasteiger partial charge is 0.493 e. The van der Waals surface area contributed by atoms with Crippen LogP contribution < -0.4 is 20.0 Å². The number of nitrogens with zero attached hydrogens (tertiary/aromatic N) is 1. The fourth-order valence-corrected chi connectivity index (χ4v) is 3.42. The van der Waals surface area contributed by atoms with Gasteiger partial charge in [-0.3, -0.25) is 9.59 Å². The van der Waals surface area contributed by atoms with Crippen LogP contribution in [0.25, 0.3) is 10.9 Å². The molecule has 3 aromatic carbocycles. The average molecular weight is 429 g/mol. The van der Waals surface area contributed by atoms with E-state index in [4.69, 9.17) is 9.57 Å². The molecule has 7 nitrogen and oxygen atoms in total. The van der Waals surface area contributed by atoms with Crippen LogP contribution in [0, 0.1) is 0 Å². The maximum atomic E-state index is 12.6. The molecule has 0 fully saturated rings. The molecule has 1 aromatic heterocycles. The Balaban J connectivity index is 1.46. The zero-order valence-electron chi connectivity index (χ0n) is 17.8. The summed E-state index contributed by atoms with van der Waals surface area (Å²) in [5.74, 6) is 0.398. The minimum atomic E-state index is -0.312. The van der Waals surface area contributed by atoms with Crippen LogP contribution in [0.4, 0.5) is 5.69 Å². The van der Waals surface area contributed by atoms with Crippen LogP contribution in [0.2, 0.25) is 0 Å². The first-order valence-electron chi connectivity index (χ1n) is 10.1. The van der Waals surface area contributed by atoms with Gasteiger partial charge in [-0.1, -0.05) is 24.3 Å². The molecule has 7 heteroatoms. The standard InChI is InChI=1S/C25H23N3O4/c1-17(29)28(32-24-9-4-3-8-23(24)31-2)20-12-10-18(11-13-20)25(30)27-16-19-6-5-7-22-21(19)14-15-26-22/h3-15,26H,16H2,1-2H3,(H,27,30). The number of amides is 2. The van der Waals surface area contributed by atoms with Crippen molar-refractivity contribution >= 4 is 28.4 Å². The molecule has 0 saturated carbocycles. The van der Waals surface area contributed by atoms with E-state index in [1.54, 1.807) is 42.5 Å². The normalized spacial score (nSPS) is 10.6. The number of hydrogen-bond acceptors (Lipinski definition) is 4. The fraction of sp³-hybridized carbons (Fsp3) is 0.120. The van der Waals surface area contributed by atoms with Gasteiger partial charge in [0.15, 0.2) is 11.5 Å². The summed E-state index contributed by atoms with van der Waals surface area (Å²) in [7, 11) is 1.53. The Kier molecular flexibility index (Phi) is 6.07. The van der Waals surface area contributed by atoms with Crippen LogP contribution in [0.5, 0.6) is 11.5 Å². The first-order chi connectivity index (χ1) is 15.6. The lowest BCUT2D eigenvalue weighted by atomic mass is 10.1. The molecule has 162 valence electrons. The number of methoxy groups -OCH3 is 1. The van der Waals surface area contributed by atoms with Crippen LogP contribution in [0.1, 0.15) is 22.8 Å². The molecule has 0 unspecified atom stereocenters. The molecule has 0 atom stereocenters. The minimum Gasteiger partial charge on any atom is -0.493 e. The summed E-state index contributed by atoms with van der Waals surface area (Å²) >= 11 is 0. The third-order valence-electron chi connectivity index (χ3n) is 5.03. The van der Waals surface area contributed by atoms with Gasteiger partial charge in [0, 0.05) is 36.1 Å². The number of benzene rings is 3. The molecule has 4 aromatic rings. The summed E-state index contributed by atoms with van der Waals surface area (Å²) in [5, 5.41) is 5.18. The molecule has 2 amide bonds. The van der Waals surface area contributed by atoms with Gasteiger partial charge in [0.1, 0.15) is 0 Å². The molecule has 32 heavy (non-hydrogen) atoms. The van der Waals surface area contributed by atoms with Crippen LogP contribution in [0.3, 0.4) is 0 Å². The Hall–Kier alpha value is -4.26. The Morgan fingerprint density at radius 2 is 1.69 bits per heavy atom. The summed E-state index contributed by atoms with van der Waals surface area (Å²) in [6, 6.07) is 21.6. The number of nitrogens with one attached hydrogen (secondary N) is 2. The maximum absolute atomic E-state index is 12.6. The van der Waals surface area contributed by atoms with E-state index in [0.29, 0.717) is 29.3 Å². The number of ether oxygens (including phenoxy) is 1. The summed E-state index contributed by atoms with van der Waals surface area (Å²) in [5.41, 5.74) is 3.04. The van der Waals surface area contributed by atoms with Crippen LogP contribution in [-0.2, 0) is 11.3 Å². The highest BCUT2D eigenvalue weighted by molar-refractivity contribution is 5.96. The minimum absolute atomic E-state index is 0.205. The number of anilines is 1. The van der Waals surface area contributed by atoms with E-state index in [2.05, 4.69) is 10.3 Å². The van der Waals surface area contributed by atoms with Gasteiger partial charge in [0.2, 0.25) is 0 Å². The van der Waals surface area contributed by atoms with Gasteiger partial charge >= 0.3 is 0 Å². The first-order valence-corrected chi connectivity index (χ1v) is 10.1. The number of carbonyl (C=O) groups is 2. The summed E-state index contributed by atoms with van der Waals surface area (Å²) in [4.78, 5) is 33.8. The molecule has 1 heterocycles. The predicted molar refractivity (Wildman–Crippen MR) is 123 cm³/mol. The lowest BCUT2D eigenvalue weighted by Gasteiger charge is -2.22. The molecule has 4 rings (SSSR count).